The van der Waals surface area contributed by atoms with E-state index < -0.39 is 0 Å². The lowest BCUT2D eigenvalue weighted by atomic mass is 10.2. The number of hydrogen-bond acceptors (Lipinski definition) is 5. The highest BCUT2D eigenvalue weighted by Gasteiger charge is 2.18. The van der Waals surface area contributed by atoms with Crippen molar-refractivity contribution in [2.45, 2.75) is 6.92 Å². The molecular weight excluding hydrogens is 294 g/mol. The van der Waals surface area contributed by atoms with Crippen molar-refractivity contribution in [2.24, 2.45) is 5.10 Å². The summed E-state index contributed by atoms with van der Waals surface area (Å²) in [5.41, 5.74) is 1.17. The number of aryl methyl sites for hydroxylation is 1. The van der Waals surface area contributed by atoms with Crippen molar-refractivity contribution < 1.29 is 4.74 Å². The number of rotatable bonds is 4. The van der Waals surface area contributed by atoms with Crippen LogP contribution in [0, 0.1) is 6.92 Å². The highest BCUT2D eigenvalue weighted by molar-refractivity contribution is 7.13. The van der Waals surface area contributed by atoms with E-state index in [1.807, 2.05) is 18.3 Å². The Hall–Kier alpha value is -2.01. The molecule has 0 bridgehead atoms. The van der Waals surface area contributed by atoms with Crippen molar-refractivity contribution in [3.63, 3.8) is 0 Å². The lowest BCUT2D eigenvalue weighted by molar-refractivity contribution is 0.271. The Labute approximate surface area is 135 Å². The van der Waals surface area contributed by atoms with E-state index in [9.17, 15) is 0 Å². The molecule has 3 rings (SSSR count). The highest BCUT2D eigenvalue weighted by atomic mass is 32.1. The first kappa shape index (κ1) is 14.9. The number of benzene rings is 1. The molecule has 1 aliphatic rings. The number of piperazine rings is 1. The molecule has 1 aromatic carbocycles. The summed E-state index contributed by atoms with van der Waals surface area (Å²) in [5.74, 6) is 0.938. The van der Waals surface area contributed by atoms with Crippen molar-refractivity contribution in [1.82, 2.24) is 5.01 Å². The zero-order valence-electron chi connectivity index (χ0n) is 13.0. The third-order valence-corrected chi connectivity index (χ3v) is 4.73. The largest absolute Gasteiger partial charge is 0.495 e. The van der Waals surface area contributed by atoms with Crippen molar-refractivity contribution in [3.05, 3.63) is 46.2 Å². The number of hydrogen-bond donors (Lipinski definition) is 0. The van der Waals surface area contributed by atoms with E-state index in [0.717, 1.165) is 31.9 Å². The summed E-state index contributed by atoms with van der Waals surface area (Å²) >= 11 is 1.78. The van der Waals surface area contributed by atoms with E-state index in [1.165, 1.54) is 15.4 Å². The first-order valence-electron chi connectivity index (χ1n) is 7.49. The van der Waals surface area contributed by atoms with E-state index >= 15 is 0 Å². The van der Waals surface area contributed by atoms with Crippen LogP contribution in [0.4, 0.5) is 5.69 Å². The molecule has 1 aromatic heterocycles. The van der Waals surface area contributed by atoms with Crippen LogP contribution in [0.3, 0.4) is 0 Å². The van der Waals surface area contributed by atoms with Gasteiger partial charge in [-0.1, -0.05) is 12.1 Å². The van der Waals surface area contributed by atoms with Gasteiger partial charge in [-0.05, 0) is 31.2 Å². The van der Waals surface area contributed by atoms with Crippen LogP contribution < -0.4 is 9.64 Å². The first-order chi connectivity index (χ1) is 10.8. The molecule has 0 unspecified atom stereocenters. The Morgan fingerprint density at radius 1 is 1.09 bits per heavy atom. The normalized spacial score (nSPS) is 15.5. The fourth-order valence-corrected chi connectivity index (χ4v) is 3.35. The van der Waals surface area contributed by atoms with Crippen molar-refractivity contribution >= 4 is 23.2 Å². The topological polar surface area (TPSA) is 28.1 Å². The number of thiophene rings is 1. The minimum Gasteiger partial charge on any atom is -0.495 e. The van der Waals surface area contributed by atoms with Gasteiger partial charge in [-0.3, -0.25) is 5.01 Å². The molecule has 5 heteroatoms. The van der Waals surface area contributed by atoms with Crippen molar-refractivity contribution in [1.29, 1.82) is 0 Å². The highest BCUT2D eigenvalue weighted by Crippen LogP contribution is 2.28. The van der Waals surface area contributed by atoms with Gasteiger partial charge in [0.15, 0.2) is 0 Å². The molecule has 0 amide bonds. The van der Waals surface area contributed by atoms with Crippen LogP contribution in [0.15, 0.2) is 41.5 Å². The van der Waals surface area contributed by atoms with Gasteiger partial charge in [0.2, 0.25) is 0 Å². The minimum absolute atomic E-state index is 0.929. The predicted octanol–water partition coefficient (Wildman–Crippen LogP) is 3.22. The number of hydrazone groups is 1. The van der Waals surface area contributed by atoms with Gasteiger partial charge in [0.1, 0.15) is 5.75 Å². The quantitative estimate of drug-likeness (QED) is 0.811. The van der Waals surface area contributed by atoms with Gasteiger partial charge >= 0.3 is 0 Å². The summed E-state index contributed by atoms with van der Waals surface area (Å²) in [6.07, 6.45) is 1.97. The average Bonchev–Trinajstić information content (AvgIpc) is 2.99. The summed E-state index contributed by atoms with van der Waals surface area (Å²) < 4.78 is 5.45. The first-order valence-corrected chi connectivity index (χ1v) is 8.31. The van der Waals surface area contributed by atoms with Crippen LogP contribution in [0.1, 0.15) is 9.75 Å². The second-order valence-corrected chi connectivity index (χ2v) is 6.63. The molecule has 4 nitrogen and oxygen atoms in total. The van der Waals surface area contributed by atoms with Crippen LogP contribution in [0.2, 0.25) is 0 Å². The molecule has 0 atom stereocenters. The summed E-state index contributed by atoms with van der Waals surface area (Å²) in [6.45, 7) is 5.90. The van der Waals surface area contributed by atoms with Crippen molar-refractivity contribution in [3.8, 4) is 5.75 Å². The summed E-state index contributed by atoms with van der Waals surface area (Å²) in [6, 6.07) is 12.4. The molecule has 0 spiro atoms. The molecule has 0 radical (unpaired) electrons. The molecule has 1 saturated heterocycles. The SMILES string of the molecule is COc1ccccc1N1CCN(N=Cc2ccc(C)s2)CC1. The zero-order valence-corrected chi connectivity index (χ0v) is 13.8. The molecule has 22 heavy (non-hydrogen) atoms. The smallest absolute Gasteiger partial charge is 0.142 e. The van der Waals surface area contributed by atoms with Crippen LogP contribution >= 0.6 is 11.3 Å². The zero-order chi connectivity index (χ0) is 15.4. The average molecular weight is 315 g/mol. The van der Waals surface area contributed by atoms with Gasteiger partial charge in [-0.2, -0.15) is 5.10 Å². The van der Waals surface area contributed by atoms with Gasteiger partial charge in [0.05, 0.1) is 32.1 Å². The summed E-state index contributed by atoms with van der Waals surface area (Å²) in [4.78, 5) is 4.90. The van der Waals surface area contributed by atoms with Gasteiger partial charge in [-0.25, -0.2) is 0 Å². The third kappa shape index (κ3) is 3.42. The standard InChI is InChI=1S/C17H21N3OS/c1-14-7-8-15(22-14)13-18-20-11-9-19(10-12-20)16-5-3-4-6-17(16)21-2/h3-8,13H,9-12H2,1-2H3. The molecule has 1 aliphatic heterocycles. The Balaban J connectivity index is 1.59. The summed E-state index contributed by atoms with van der Waals surface area (Å²) in [7, 11) is 1.72. The van der Waals surface area contributed by atoms with Crippen LogP contribution in [0.25, 0.3) is 0 Å². The fourth-order valence-electron chi connectivity index (χ4n) is 2.60. The molecule has 0 aliphatic carbocycles. The molecule has 2 heterocycles. The van der Waals surface area contributed by atoms with Gasteiger partial charge in [0, 0.05) is 22.8 Å². The third-order valence-electron chi connectivity index (χ3n) is 3.79. The number of methoxy groups -OCH3 is 1. The number of ether oxygens (including phenoxy) is 1. The molecule has 1 fully saturated rings. The lowest BCUT2D eigenvalue weighted by Crippen LogP contribution is -2.44. The lowest BCUT2D eigenvalue weighted by Gasteiger charge is -2.35. The van der Waals surface area contributed by atoms with Gasteiger partial charge in [0.25, 0.3) is 0 Å². The van der Waals surface area contributed by atoms with E-state index in [0.29, 0.717) is 0 Å². The molecule has 0 N–H and O–H groups in total. The second kappa shape index (κ2) is 6.83. The van der Waals surface area contributed by atoms with E-state index in [4.69, 9.17) is 4.74 Å². The van der Waals surface area contributed by atoms with Crippen molar-refractivity contribution in [2.75, 3.05) is 38.2 Å². The van der Waals surface area contributed by atoms with Crippen LogP contribution in [0.5, 0.6) is 5.75 Å². The molecule has 116 valence electrons. The monoisotopic (exact) mass is 315 g/mol. The molecule has 2 aromatic rings. The Morgan fingerprint density at radius 3 is 2.55 bits per heavy atom. The number of para-hydroxylation sites is 2. The predicted molar refractivity (Wildman–Crippen MR) is 93.4 cm³/mol. The fraction of sp³-hybridized carbons (Fsp3) is 0.353. The molecule has 0 saturated carbocycles. The minimum atomic E-state index is 0.929. The molecular formula is C17H21N3OS. The Kier molecular flexibility index (Phi) is 4.63. The summed E-state index contributed by atoms with van der Waals surface area (Å²) in [5, 5.41) is 6.74. The Morgan fingerprint density at radius 2 is 1.86 bits per heavy atom. The van der Waals surface area contributed by atoms with Crippen LogP contribution in [-0.4, -0.2) is 44.5 Å². The number of nitrogens with zero attached hydrogens (tertiary/aromatic N) is 3. The van der Waals surface area contributed by atoms with Crippen LogP contribution in [-0.2, 0) is 0 Å². The van der Waals surface area contributed by atoms with E-state index in [2.05, 4.69) is 46.2 Å². The van der Waals surface area contributed by atoms with E-state index in [-0.39, 0.29) is 0 Å². The Bertz CT molecular complexity index is 645. The second-order valence-electron chi connectivity index (χ2n) is 5.31. The van der Waals surface area contributed by atoms with E-state index in [1.54, 1.807) is 18.4 Å². The number of anilines is 1. The maximum absolute atomic E-state index is 5.45. The van der Waals surface area contributed by atoms with Gasteiger partial charge in [-0.15, -0.1) is 11.3 Å². The maximum Gasteiger partial charge on any atom is 0.142 e. The van der Waals surface area contributed by atoms with Gasteiger partial charge < -0.3 is 9.64 Å². The maximum atomic E-state index is 5.45.